The highest BCUT2D eigenvalue weighted by Crippen LogP contribution is 2.14. The maximum Gasteiger partial charge on any atom is 0.0807 e. The van der Waals surface area contributed by atoms with Gasteiger partial charge in [-0.05, 0) is 0 Å². The van der Waals surface area contributed by atoms with Crippen LogP contribution in [-0.4, -0.2) is 10.8 Å². The predicted octanol–water partition coefficient (Wildman–Crippen LogP) is 0.967. The van der Waals surface area contributed by atoms with Gasteiger partial charge in [-0.1, -0.05) is 11.9 Å². The van der Waals surface area contributed by atoms with E-state index in [1.807, 2.05) is 11.8 Å². The molecule has 1 nitrogen and oxygen atoms in total. The molecule has 0 unspecified atom stereocenters. The van der Waals surface area contributed by atoms with E-state index in [2.05, 4.69) is 11.3 Å². The molecule has 3 heteroatoms. The number of rotatable bonds is 0. The van der Waals surface area contributed by atoms with Crippen LogP contribution in [0.1, 0.15) is 0 Å². The maximum atomic E-state index is 2.96. The lowest BCUT2D eigenvalue weighted by molar-refractivity contribution is 1.21. The lowest BCUT2D eigenvalue weighted by Gasteiger charge is -2.06. The van der Waals surface area contributed by atoms with E-state index in [0.29, 0.717) is 0 Å². The molecule has 1 N–H and O–H groups in total. The monoisotopic (exact) mass is 119 g/mol. The van der Waals surface area contributed by atoms with Gasteiger partial charge in [0.05, 0.1) is 11.6 Å². The molecule has 0 amide bonds. The van der Waals surface area contributed by atoms with Crippen molar-refractivity contribution in [1.29, 1.82) is 0 Å². The van der Waals surface area contributed by atoms with Gasteiger partial charge in [0.25, 0.3) is 0 Å². The molecule has 0 aromatic heterocycles. The standard InChI is InChI=1S/C3H5NS2/c1-2-5-3-6-4-1/h4H,2-3H2. The van der Waals surface area contributed by atoms with Gasteiger partial charge in [-0.15, -0.1) is 11.8 Å². The Kier molecular flexibility index (Phi) is 2.22. The van der Waals surface area contributed by atoms with Gasteiger partial charge >= 0.3 is 0 Å². The maximum absolute atomic E-state index is 2.96. The largest absolute Gasteiger partial charge is 0.252 e. The van der Waals surface area contributed by atoms with Crippen LogP contribution in [0.2, 0.25) is 0 Å². The molecule has 0 aromatic rings. The molecular formula is C3H5NS2. The fraction of sp³-hybridized carbons (Fsp3) is 0.667. The molecule has 1 saturated heterocycles. The van der Waals surface area contributed by atoms with Crippen LogP contribution in [-0.2, 0) is 0 Å². The zero-order valence-corrected chi connectivity index (χ0v) is 4.86. The van der Waals surface area contributed by atoms with Crippen LogP contribution in [0.4, 0.5) is 0 Å². The Bertz CT molecular complexity index is 24.3. The molecule has 0 aromatic carbocycles. The topological polar surface area (TPSA) is 12.0 Å². The Morgan fingerprint density at radius 3 is 2.83 bits per heavy atom. The van der Waals surface area contributed by atoms with Crippen LogP contribution in [0.15, 0.2) is 0 Å². The van der Waals surface area contributed by atoms with E-state index < -0.39 is 0 Å². The quantitative estimate of drug-likeness (QED) is 0.477. The molecule has 0 aliphatic carbocycles. The molecule has 1 rings (SSSR count). The average molecular weight is 119 g/mol. The highest BCUT2D eigenvalue weighted by atomic mass is 32.2. The molecule has 34 valence electrons. The summed E-state index contributed by atoms with van der Waals surface area (Å²) in [5, 5.41) is 1.16. The first-order valence-corrected chi connectivity index (χ1v) is 3.81. The summed E-state index contributed by atoms with van der Waals surface area (Å²) in [6, 6.07) is 0. The zero-order chi connectivity index (χ0) is 4.24. The van der Waals surface area contributed by atoms with Crippen LogP contribution in [0.25, 0.3) is 0 Å². The number of thioether (sulfide) groups is 1. The van der Waals surface area contributed by atoms with Crippen LogP contribution in [0.5, 0.6) is 0 Å². The van der Waals surface area contributed by atoms with E-state index in [9.17, 15) is 0 Å². The number of hydrogen-bond donors (Lipinski definition) is 1. The Morgan fingerprint density at radius 2 is 2.67 bits per heavy atom. The van der Waals surface area contributed by atoms with E-state index in [1.165, 1.54) is 0 Å². The van der Waals surface area contributed by atoms with Gasteiger partial charge in [0.1, 0.15) is 0 Å². The first-order chi connectivity index (χ1) is 3.00. The molecule has 0 spiro atoms. The summed E-state index contributed by atoms with van der Waals surface area (Å²) < 4.78 is 2.93. The van der Waals surface area contributed by atoms with Crippen LogP contribution >= 0.6 is 23.7 Å². The second kappa shape index (κ2) is 2.77. The summed E-state index contributed by atoms with van der Waals surface area (Å²) in [6.07, 6.45) is 0. The van der Waals surface area contributed by atoms with Crippen molar-refractivity contribution >= 4 is 23.7 Å². The third-order valence-corrected chi connectivity index (χ3v) is 2.24. The highest BCUT2D eigenvalue weighted by molar-refractivity contribution is 8.15. The molecule has 0 atom stereocenters. The fourth-order valence-electron chi connectivity index (χ4n) is 0.244. The minimum absolute atomic E-state index is 1.03. The fourth-order valence-corrected chi connectivity index (χ4v) is 1.59. The smallest absolute Gasteiger partial charge is 0.0807 e. The molecule has 1 aliphatic heterocycles. The van der Waals surface area contributed by atoms with Crippen molar-refractivity contribution in [3.8, 4) is 0 Å². The van der Waals surface area contributed by atoms with Gasteiger partial charge in [-0.2, -0.15) is 0 Å². The van der Waals surface area contributed by atoms with Crippen molar-refractivity contribution < 1.29 is 0 Å². The summed E-state index contributed by atoms with van der Waals surface area (Å²) in [5.74, 6) is 1.03. The van der Waals surface area contributed by atoms with Crippen molar-refractivity contribution in [1.82, 2.24) is 4.72 Å². The second-order valence-electron chi connectivity index (χ2n) is 0.889. The Morgan fingerprint density at radius 1 is 1.67 bits per heavy atom. The van der Waals surface area contributed by atoms with Crippen molar-refractivity contribution in [2.24, 2.45) is 0 Å². The van der Waals surface area contributed by atoms with E-state index in [-0.39, 0.29) is 0 Å². The molecule has 0 bridgehead atoms. The Balaban J connectivity index is 2.00. The van der Waals surface area contributed by atoms with E-state index in [1.54, 1.807) is 11.9 Å². The van der Waals surface area contributed by atoms with Gasteiger partial charge in [0.2, 0.25) is 0 Å². The van der Waals surface area contributed by atoms with Crippen molar-refractivity contribution in [2.45, 2.75) is 0 Å². The molecule has 1 aliphatic rings. The summed E-state index contributed by atoms with van der Waals surface area (Å²) in [7, 11) is 0. The lowest BCUT2D eigenvalue weighted by Crippen LogP contribution is -2.06. The Labute approximate surface area is 46.4 Å². The van der Waals surface area contributed by atoms with E-state index in [4.69, 9.17) is 0 Å². The zero-order valence-electron chi connectivity index (χ0n) is 3.23. The molecule has 6 heavy (non-hydrogen) atoms. The van der Waals surface area contributed by atoms with Gasteiger partial charge in [0.15, 0.2) is 0 Å². The van der Waals surface area contributed by atoms with Crippen molar-refractivity contribution in [3.63, 3.8) is 0 Å². The SMILES string of the molecule is [C]1CSCSN1. The summed E-state index contributed by atoms with van der Waals surface area (Å²) in [6.45, 7) is 2.96. The van der Waals surface area contributed by atoms with Crippen molar-refractivity contribution in [3.05, 3.63) is 6.54 Å². The molecule has 0 saturated carbocycles. The molecule has 1 fully saturated rings. The average Bonchev–Trinajstić information content (AvgIpc) is 1.72. The van der Waals surface area contributed by atoms with E-state index in [0.717, 1.165) is 10.8 Å². The summed E-state index contributed by atoms with van der Waals surface area (Å²) in [5.41, 5.74) is 0. The van der Waals surface area contributed by atoms with Gasteiger partial charge in [0, 0.05) is 5.75 Å². The first kappa shape index (κ1) is 4.81. The molecule has 2 radical (unpaired) electrons. The van der Waals surface area contributed by atoms with Crippen molar-refractivity contribution in [2.75, 3.05) is 10.8 Å². The van der Waals surface area contributed by atoms with Gasteiger partial charge in [-0.3, -0.25) is 4.72 Å². The predicted molar refractivity (Wildman–Crippen MR) is 31.3 cm³/mol. The summed E-state index contributed by atoms with van der Waals surface area (Å²) in [4.78, 5) is 0. The number of nitrogens with one attached hydrogen (secondary N) is 1. The van der Waals surface area contributed by atoms with Gasteiger partial charge < -0.3 is 0 Å². The second-order valence-corrected chi connectivity index (χ2v) is 3.02. The minimum atomic E-state index is 1.03. The van der Waals surface area contributed by atoms with Crippen LogP contribution in [0, 0.1) is 6.54 Å². The first-order valence-electron chi connectivity index (χ1n) is 1.67. The number of hydrogen-bond acceptors (Lipinski definition) is 3. The van der Waals surface area contributed by atoms with Crippen LogP contribution < -0.4 is 4.72 Å². The third-order valence-electron chi connectivity index (χ3n) is 0.461. The highest BCUT2D eigenvalue weighted by Gasteiger charge is 1.96. The minimum Gasteiger partial charge on any atom is -0.252 e. The Hall–Kier alpha value is 0.660. The third kappa shape index (κ3) is 1.41. The molecular weight excluding hydrogens is 114 g/mol. The normalized spacial score (nSPS) is 24.0. The van der Waals surface area contributed by atoms with Gasteiger partial charge in [-0.25, -0.2) is 0 Å². The van der Waals surface area contributed by atoms with E-state index >= 15 is 0 Å². The van der Waals surface area contributed by atoms with Crippen LogP contribution in [0.3, 0.4) is 0 Å². The molecule has 1 heterocycles. The summed E-state index contributed by atoms with van der Waals surface area (Å²) >= 11 is 3.58. The lowest BCUT2D eigenvalue weighted by atomic mass is 10.8.